The van der Waals surface area contributed by atoms with E-state index in [0.29, 0.717) is 11.5 Å². The van der Waals surface area contributed by atoms with Crippen LogP contribution >= 0.6 is 11.3 Å². The van der Waals surface area contributed by atoms with Gasteiger partial charge in [0.1, 0.15) is 11.5 Å². The predicted molar refractivity (Wildman–Crippen MR) is 70.6 cm³/mol. The quantitative estimate of drug-likeness (QED) is 0.575. The molecule has 0 aliphatic heterocycles. The van der Waals surface area contributed by atoms with E-state index < -0.39 is 0 Å². The van der Waals surface area contributed by atoms with Crippen LogP contribution in [0.5, 0.6) is 0 Å². The van der Waals surface area contributed by atoms with Crippen molar-refractivity contribution in [3.63, 3.8) is 0 Å². The van der Waals surface area contributed by atoms with Gasteiger partial charge in [0.25, 0.3) is 0 Å². The third-order valence-electron chi connectivity index (χ3n) is 2.20. The average molecular weight is 253 g/mol. The van der Waals surface area contributed by atoms with Crippen molar-refractivity contribution in [2.45, 2.75) is 40.0 Å². The zero-order valence-corrected chi connectivity index (χ0v) is 11.5. The zero-order valence-electron chi connectivity index (χ0n) is 10.7. The molecule has 0 saturated carbocycles. The summed E-state index contributed by atoms with van der Waals surface area (Å²) in [6.45, 7) is 6.34. The molecule has 1 heterocycles. The number of hydrogen-bond acceptors (Lipinski definition) is 4. The summed E-state index contributed by atoms with van der Waals surface area (Å²) in [6, 6.07) is 0. The molecule has 0 unspecified atom stereocenters. The van der Waals surface area contributed by atoms with Crippen molar-refractivity contribution in [2.75, 3.05) is 6.61 Å². The van der Waals surface area contributed by atoms with Crippen LogP contribution in [0.1, 0.15) is 47.1 Å². The van der Waals surface area contributed by atoms with Gasteiger partial charge in [0.15, 0.2) is 0 Å². The molecule has 17 heavy (non-hydrogen) atoms. The summed E-state index contributed by atoms with van der Waals surface area (Å²) >= 11 is 1.45. The van der Waals surface area contributed by atoms with Gasteiger partial charge in [-0.1, -0.05) is 26.0 Å². The van der Waals surface area contributed by atoms with Crippen molar-refractivity contribution in [3.8, 4) is 0 Å². The first-order chi connectivity index (χ1) is 8.19. The summed E-state index contributed by atoms with van der Waals surface area (Å²) in [5.74, 6) is -0.261. The first-order valence-corrected chi connectivity index (χ1v) is 6.79. The number of aromatic nitrogens is 1. The molecule has 0 spiro atoms. The molecule has 0 bridgehead atoms. The minimum Gasteiger partial charge on any atom is -0.457 e. The van der Waals surface area contributed by atoms with Crippen molar-refractivity contribution in [1.29, 1.82) is 0 Å². The van der Waals surface area contributed by atoms with Crippen molar-refractivity contribution in [3.05, 3.63) is 27.7 Å². The molecule has 0 aliphatic rings. The number of allylic oxidation sites excluding steroid dienone is 1. The molecular weight excluding hydrogens is 234 g/mol. The maximum atomic E-state index is 11.8. The lowest BCUT2D eigenvalue weighted by Gasteiger charge is -1.99. The number of nitrogens with zero attached hydrogens (tertiary/aromatic N) is 1. The molecule has 0 radical (unpaired) electrons. The summed E-state index contributed by atoms with van der Waals surface area (Å²) < 4.78 is 5.15. The summed E-state index contributed by atoms with van der Waals surface area (Å²) in [7, 11) is 0. The van der Waals surface area contributed by atoms with E-state index in [9.17, 15) is 4.79 Å². The van der Waals surface area contributed by atoms with Crippen LogP contribution in [0.4, 0.5) is 0 Å². The van der Waals surface area contributed by atoms with Crippen molar-refractivity contribution in [2.24, 2.45) is 0 Å². The maximum Gasteiger partial charge on any atom is 0.350 e. The second-order valence-corrected chi connectivity index (χ2v) is 4.83. The molecule has 94 valence electrons. The maximum absolute atomic E-state index is 11.8. The number of carbonyl (C=O) groups is 1. The second kappa shape index (κ2) is 7.22. The Morgan fingerprint density at radius 3 is 2.82 bits per heavy atom. The van der Waals surface area contributed by atoms with Crippen LogP contribution in [0, 0.1) is 6.92 Å². The van der Waals surface area contributed by atoms with Crippen LogP contribution in [0.15, 0.2) is 12.2 Å². The highest BCUT2D eigenvalue weighted by Gasteiger charge is 2.15. The van der Waals surface area contributed by atoms with Crippen LogP contribution in [0.25, 0.3) is 0 Å². The van der Waals surface area contributed by atoms with Gasteiger partial charge in [0.2, 0.25) is 0 Å². The van der Waals surface area contributed by atoms with Crippen LogP contribution in [-0.2, 0) is 11.2 Å². The molecule has 0 aliphatic carbocycles. The van der Waals surface area contributed by atoms with E-state index in [1.165, 1.54) is 11.3 Å². The fourth-order valence-corrected chi connectivity index (χ4v) is 2.45. The number of esters is 1. The molecule has 1 rings (SSSR count). The average Bonchev–Trinajstić information content (AvgIpc) is 2.66. The Labute approximate surface area is 107 Å². The fourth-order valence-electron chi connectivity index (χ4n) is 1.39. The fraction of sp³-hybridized carbons (Fsp3) is 0.538. The zero-order chi connectivity index (χ0) is 12.7. The van der Waals surface area contributed by atoms with Gasteiger partial charge in [0.05, 0.1) is 10.7 Å². The number of rotatable bonds is 6. The van der Waals surface area contributed by atoms with Gasteiger partial charge in [-0.15, -0.1) is 11.3 Å². The summed E-state index contributed by atoms with van der Waals surface area (Å²) in [5.41, 5.74) is 0.780. The number of carbonyl (C=O) groups excluding carboxylic acids is 1. The predicted octanol–water partition coefficient (Wildman–Crippen LogP) is 3.53. The van der Waals surface area contributed by atoms with Gasteiger partial charge < -0.3 is 4.74 Å². The Hall–Kier alpha value is -1.16. The molecule has 4 heteroatoms. The summed E-state index contributed by atoms with van der Waals surface area (Å²) in [6.07, 6.45) is 6.77. The number of hydrogen-bond donors (Lipinski definition) is 0. The van der Waals surface area contributed by atoms with Crippen LogP contribution in [0.2, 0.25) is 0 Å². The van der Waals surface area contributed by atoms with Gasteiger partial charge >= 0.3 is 5.97 Å². The number of aryl methyl sites for hydroxylation is 2. The van der Waals surface area contributed by atoms with Gasteiger partial charge in [-0.3, -0.25) is 0 Å². The standard InChI is InChI=1S/C13H19NO2S/c1-4-6-7-9-16-13(15)12-10(3)14-11(17-12)8-5-2/h6-7H,4-5,8-9H2,1-3H3/b7-6+. The first kappa shape index (κ1) is 13.9. The van der Waals surface area contributed by atoms with Gasteiger partial charge in [-0.05, 0) is 26.2 Å². The highest BCUT2D eigenvalue weighted by molar-refractivity contribution is 7.13. The largest absolute Gasteiger partial charge is 0.457 e. The Balaban J connectivity index is 2.59. The van der Waals surface area contributed by atoms with E-state index in [-0.39, 0.29) is 5.97 Å². The third-order valence-corrected chi connectivity index (χ3v) is 3.40. The minimum absolute atomic E-state index is 0.261. The SMILES string of the molecule is CC/C=C/COC(=O)c1sc(CCC)nc1C. The highest BCUT2D eigenvalue weighted by atomic mass is 32.1. The second-order valence-electron chi connectivity index (χ2n) is 3.75. The molecular formula is C13H19NO2S. The van der Waals surface area contributed by atoms with Crippen LogP contribution in [0.3, 0.4) is 0 Å². The lowest BCUT2D eigenvalue weighted by Crippen LogP contribution is -2.04. The van der Waals surface area contributed by atoms with E-state index in [2.05, 4.69) is 11.9 Å². The Morgan fingerprint density at radius 2 is 2.18 bits per heavy atom. The summed E-state index contributed by atoms with van der Waals surface area (Å²) in [4.78, 5) is 16.8. The molecule has 1 aromatic rings. The van der Waals surface area contributed by atoms with Gasteiger partial charge in [0, 0.05) is 0 Å². The van der Waals surface area contributed by atoms with Crippen LogP contribution < -0.4 is 0 Å². The number of ether oxygens (including phenoxy) is 1. The lowest BCUT2D eigenvalue weighted by atomic mass is 10.3. The topological polar surface area (TPSA) is 39.2 Å². The van der Waals surface area contributed by atoms with E-state index in [1.54, 1.807) is 0 Å². The molecule has 0 saturated heterocycles. The van der Waals surface area contributed by atoms with E-state index >= 15 is 0 Å². The van der Waals surface area contributed by atoms with Gasteiger partial charge in [-0.2, -0.15) is 0 Å². The van der Waals surface area contributed by atoms with Crippen molar-refractivity contribution >= 4 is 17.3 Å². The molecule has 0 atom stereocenters. The highest BCUT2D eigenvalue weighted by Crippen LogP contribution is 2.20. The van der Waals surface area contributed by atoms with Crippen molar-refractivity contribution < 1.29 is 9.53 Å². The smallest absolute Gasteiger partial charge is 0.350 e. The Kier molecular flexibility index (Phi) is 5.91. The van der Waals surface area contributed by atoms with E-state index in [0.717, 1.165) is 30.0 Å². The number of thiazole rings is 1. The first-order valence-electron chi connectivity index (χ1n) is 5.97. The van der Waals surface area contributed by atoms with Crippen molar-refractivity contribution in [1.82, 2.24) is 4.98 Å². The Morgan fingerprint density at radius 1 is 1.41 bits per heavy atom. The molecule has 1 aromatic heterocycles. The molecule has 0 N–H and O–H groups in total. The molecule has 0 fully saturated rings. The monoisotopic (exact) mass is 253 g/mol. The Bertz CT molecular complexity index is 396. The van der Waals surface area contributed by atoms with Gasteiger partial charge in [-0.25, -0.2) is 9.78 Å². The lowest BCUT2D eigenvalue weighted by molar-refractivity contribution is 0.0554. The minimum atomic E-state index is -0.261. The van der Waals surface area contributed by atoms with E-state index in [1.807, 2.05) is 26.0 Å². The van der Waals surface area contributed by atoms with E-state index in [4.69, 9.17) is 4.74 Å². The molecule has 0 aromatic carbocycles. The normalized spacial score (nSPS) is 11.0. The summed E-state index contributed by atoms with van der Waals surface area (Å²) in [5, 5.41) is 1.01. The molecule has 3 nitrogen and oxygen atoms in total. The van der Waals surface area contributed by atoms with Crippen LogP contribution in [-0.4, -0.2) is 17.6 Å². The molecule has 0 amide bonds. The third kappa shape index (κ3) is 4.30.